The molecule has 0 aliphatic carbocycles. The zero-order valence-corrected chi connectivity index (χ0v) is 43.4. The van der Waals surface area contributed by atoms with E-state index in [1.807, 2.05) is 0 Å². The maximum Gasteiger partial charge on any atom is 0.220 e. The SMILES string of the molecule is CC/C=C\C/C=C\C/C=C\C/C=C\C/C=C\C/C=C\C/C=C\CCCCCCCCCC(=O)NC(COC1OC(CO)C(OC2OC(CO)C(O)C(O)C2O)C(O)C1O)C(O)CCCCCCCCCC. The van der Waals surface area contributed by atoms with Crippen LogP contribution in [0.15, 0.2) is 85.1 Å². The monoisotopic (exact) mass is 1000 g/mol. The first-order valence-corrected chi connectivity index (χ1v) is 27.3. The highest BCUT2D eigenvalue weighted by atomic mass is 16.7. The Labute approximate surface area is 427 Å². The number of carbonyl (C=O) groups is 1. The first kappa shape index (κ1) is 64.3. The highest BCUT2D eigenvalue weighted by molar-refractivity contribution is 5.76. The van der Waals surface area contributed by atoms with Gasteiger partial charge in [0.25, 0.3) is 0 Å². The van der Waals surface area contributed by atoms with Gasteiger partial charge in [-0.1, -0.05) is 182 Å². The molecular weight excluding hydrogens is 907 g/mol. The van der Waals surface area contributed by atoms with Crippen LogP contribution in [0.3, 0.4) is 0 Å². The van der Waals surface area contributed by atoms with Crippen LogP contribution in [0.25, 0.3) is 0 Å². The molecule has 0 aromatic heterocycles. The van der Waals surface area contributed by atoms with Gasteiger partial charge in [0.2, 0.25) is 5.91 Å². The van der Waals surface area contributed by atoms with Crippen molar-refractivity contribution in [1.82, 2.24) is 5.32 Å². The number of rotatable bonds is 41. The van der Waals surface area contributed by atoms with Crippen LogP contribution in [0.4, 0.5) is 0 Å². The van der Waals surface area contributed by atoms with Crippen molar-refractivity contribution in [3.8, 4) is 0 Å². The summed E-state index contributed by atoms with van der Waals surface area (Å²) < 4.78 is 22.7. The molecule has 0 aromatic carbocycles. The number of hydrogen-bond acceptors (Lipinski definition) is 13. The first-order chi connectivity index (χ1) is 34.6. The van der Waals surface area contributed by atoms with Crippen LogP contribution in [-0.4, -0.2) is 140 Å². The average Bonchev–Trinajstić information content (AvgIpc) is 3.37. The van der Waals surface area contributed by atoms with Crippen molar-refractivity contribution >= 4 is 5.91 Å². The minimum absolute atomic E-state index is 0.226. The summed E-state index contributed by atoms with van der Waals surface area (Å²) in [4.78, 5) is 13.2. The topological polar surface area (TPSA) is 228 Å². The van der Waals surface area contributed by atoms with E-state index in [1.165, 1.54) is 32.1 Å². The molecule has 2 aliphatic rings. The van der Waals surface area contributed by atoms with Crippen molar-refractivity contribution in [2.24, 2.45) is 0 Å². The molecule has 0 bridgehead atoms. The summed E-state index contributed by atoms with van der Waals surface area (Å²) in [6, 6.07) is -0.838. The van der Waals surface area contributed by atoms with Gasteiger partial charge in [0, 0.05) is 6.42 Å². The number of allylic oxidation sites excluding steroid dienone is 14. The van der Waals surface area contributed by atoms with Crippen LogP contribution < -0.4 is 5.32 Å². The summed E-state index contributed by atoms with van der Waals surface area (Å²) in [6.07, 6.45) is 38.9. The number of hydrogen-bond donors (Lipinski definition) is 9. The summed E-state index contributed by atoms with van der Waals surface area (Å²) in [5, 5.41) is 86.7. The quantitative estimate of drug-likeness (QED) is 0.0208. The van der Waals surface area contributed by atoms with Crippen LogP contribution in [-0.2, 0) is 23.7 Å². The molecule has 408 valence electrons. The van der Waals surface area contributed by atoms with Crippen molar-refractivity contribution in [1.29, 1.82) is 0 Å². The molecule has 2 rings (SSSR count). The van der Waals surface area contributed by atoms with Gasteiger partial charge in [-0.25, -0.2) is 0 Å². The smallest absolute Gasteiger partial charge is 0.220 e. The molecule has 14 nitrogen and oxygen atoms in total. The molecule has 2 aliphatic heterocycles. The van der Waals surface area contributed by atoms with E-state index in [1.54, 1.807) is 0 Å². The molecule has 0 radical (unpaired) electrons. The molecule has 2 saturated heterocycles. The number of aliphatic hydroxyl groups is 8. The van der Waals surface area contributed by atoms with Gasteiger partial charge < -0.3 is 65.1 Å². The van der Waals surface area contributed by atoms with E-state index in [0.717, 1.165) is 109 Å². The van der Waals surface area contributed by atoms with Crippen molar-refractivity contribution in [3.63, 3.8) is 0 Å². The van der Waals surface area contributed by atoms with Crippen molar-refractivity contribution < 1.29 is 64.6 Å². The van der Waals surface area contributed by atoms with E-state index in [2.05, 4.69) is 104 Å². The van der Waals surface area contributed by atoms with Crippen molar-refractivity contribution in [2.45, 2.75) is 248 Å². The lowest BCUT2D eigenvalue weighted by atomic mass is 9.97. The Morgan fingerprint density at radius 3 is 1.49 bits per heavy atom. The molecule has 0 saturated carbocycles. The van der Waals surface area contributed by atoms with Gasteiger partial charge in [0.15, 0.2) is 12.6 Å². The Morgan fingerprint density at radius 1 is 0.521 bits per heavy atom. The Bertz CT molecular complexity index is 1510. The maximum absolute atomic E-state index is 13.2. The highest BCUT2D eigenvalue weighted by Crippen LogP contribution is 2.30. The fraction of sp³-hybridized carbons (Fsp3) is 0.737. The van der Waals surface area contributed by atoms with Crippen LogP contribution in [0.2, 0.25) is 0 Å². The van der Waals surface area contributed by atoms with Gasteiger partial charge >= 0.3 is 0 Å². The minimum Gasteiger partial charge on any atom is -0.394 e. The lowest BCUT2D eigenvalue weighted by molar-refractivity contribution is -0.359. The zero-order chi connectivity index (χ0) is 51.7. The molecule has 0 spiro atoms. The molecule has 1 amide bonds. The summed E-state index contributed by atoms with van der Waals surface area (Å²) in [7, 11) is 0. The van der Waals surface area contributed by atoms with Crippen LogP contribution in [0.5, 0.6) is 0 Å². The van der Waals surface area contributed by atoms with E-state index in [4.69, 9.17) is 18.9 Å². The third-order valence-corrected chi connectivity index (χ3v) is 12.9. The predicted molar refractivity (Wildman–Crippen MR) is 281 cm³/mol. The molecule has 0 aromatic rings. The highest BCUT2D eigenvalue weighted by Gasteiger charge is 2.51. The molecule has 2 heterocycles. The number of aliphatic hydroxyl groups excluding tert-OH is 8. The van der Waals surface area contributed by atoms with E-state index in [-0.39, 0.29) is 18.9 Å². The van der Waals surface area contributed by atoms with E-state index < -0.39 is 86.8 Å². The van der Waals surface area contributed by atoms with Gasteiger partial charge in [-0.3, -0.25) is 4.79 Å². The van der Waals surface area contributed by atoms with Gasteiger partial charge in [-0.05, 0) is 70.6 Å². The van der Waals surface area contributed by atoms with Crippen molar-refractivity contribution in [3.05, 3.63) is 85.1 Å². The third kappa shape index (κ3) is 29.0. The van der Waals surface area contributed by atoms with Gasteiger partial charge in [0.05, 0.1) is 32.0 Å². The normalized spacial score (nSPS) is 26.5. The fourth-order valence-electron chi connectivity index (χ4n) is 8.45. The van der Waals surface area contributed by atoms with Gasteiger partial charge in [-0.2, -0.15) is 0 Å². The lowest BCUT2D eigenvalue weighted by Crippen LogP contribution is -2.65. The number of unbranched alkanes of at least 4 members (excludes halogenated alkanes) is 14. The molecule has 12 unspecified atom stereocenters. The Morgan fingerprint density at radius 2 is 0.972 bits per heavy atom. The van der Waals surface area contributed by atoms with Crippen LogP contribution >= 0.6 is 0 Å². The van der Waals surface area contributed by atoms with Gasteiger partial charge in [-0.15, -0.1) is 0 Å². The van der Waals surface area contributed by atoms with Crippen LogP contribution in [0, 0.1) is 0 Å². The molecule has 2 fully saturated rings. The lowest BCUT2D eigenvalue weighted by Gasteiger charge is -2.46. The Hall–Kier alpha value is -2.83. The molecular formula is C57H97NO13. The van der Waals surface area contributed by atoms with Crippen LogP contribution in [0.1, 0.15) is 174 Å². The standard InChI is InChI=1S/C57H97NO13/c1-3-5-7-9-11-13-14-15-16-17-18-19-20-21-22-23-24-25-26-27-28-29-30-31-32-33-35-37-39-41-49(62)58-45(46(61)40-38-36-34-12-10-8-6-4-2)44-68-56-54(67)52(65)55(48(43-60)70-56)71-57-53(66)51(64)50(63)47(42-59)69-57/h5,7,11,13,15-16,18-19,21-22,24-25,27-28,45-48,50-57,59-61,63-67H,3-4,6,8-10,12,14,17,20,23,26,29-44H2,1-2H3,(H,58,62)/b7-5-,13-11-,16-15-,19-18-,22-21-,25-24-,28-27-. The summed E-state index contributed by atoms with van der Waals surface area (Å²) in [5.41, 5.74) is 0. The second-order valence-electron chi connectivity index (χ2n) is 19.0. The second-order valence-corrected chi connectivity index (χ2v) is 19.0. The second kappa shape index (κ2) is 42.5. The Balaban J connectivity index is 1.69. The van der Waals surface area contributed by atoms with E-state index in [0.29, 0.717) is 12.8 Å². The first-order valence-electron chi connectivity index (χ1n) is 27.3. The molecule has 14 heteroatoms. The number of ether oxygens (including phenoxy) is 4. The summed E-state index contributed by atoms with van der Waals surface area (Å²) >= 11 is 0. The third-order valence-electron chi connectivity index (χ3n) is 12.9. The predicted octanol–water partition coefficient (Wildman–Crippen LogP) is 8.16. The van der Waals surface area contributed by atoms with Gasteiger partial charge in [0.1, 0.15) is 48.8 Å². The fourth-order valence-corrected chi connectivity index (χ4v) is 8.45. The molecule has 12 atom stereocenters. The van der Waals surface area contributed by atoms with E-state index >= 15 is 0 Å². The summed E-state index contributed by atoms with van der Waals surface area (Å²) in [5.74, 6) is -0.226. The summed E-state index contributed by atoms with van der Waals surface area (Å²) in [6.45, 7) is 2.67. The number of amides is 1. The largest absolute Gasteiger partial charge is 0.394 e. The minimum atomic E-state index is -1.79. The Kier molecular flexibility index (Phi) is 38.5. The zero-order valence-electron chi connectivity index (χ0n) is 43.4. The molecule has 71 heavy (non-hydrogen) atoms. The maximum atomic E-state index is 13.2. The number of nitrogens with one attached hydrogen (secondary N) is 1. The van der Waals surface area contributed by atoms with Crippen molar-refractivity contribution in [2.75, 3.05) is 19.8 Å². The molecule has 9 N–H and O–H groups in total. The number of carbonyl (C=O) groups excluding carboxylic acids is 1. The van der Waals surface area contributed by atoms with E-state index in [9.17, 15) is 45.6 Å². The average molecular weight is 1000 g/mol.